The van der Waals surface area contributed by atoms with Crippen molar-refractivity contribution >= 4 is 50.0 Å². The van der Waals surface area contributed by atoms with Crippen molar-refractivity contribution in [1.82, 2.24) is 4.98 Å². The number of hydrogen-bond donors (Lipinski definition) is 0. The molecule has 4 heteroatoms. The van der Waals surface area contributed by atoms with Crippen LogP contribution in [0.2, 0.25) is 10.2 Å². The maximum absolute atomic E-state index is 5.86. The molecule has 0 atom stereocenters. The van der Waals surface area contributed by atoms with Crippen molar-refractivity contribution < 1.29 is 0 Å². The van der Waals surface area contributed by atoms with Gasteiger partial charge in [-0.25, -0.2) is 4.98 Å². The highest BCUT2D eigenvalue weighted by atomic mass is 79.9. The number of aromatic nitrogens is 1. The Morgan fingerprint density at radius 2 is 1.92 bits per heavy atom. The maximum atomic E-state index is 5.86. The fraction of sp³-hybridized carbons (Fsp3) is 0. The highest BCUT2D eigenvalue weighted by Crippen LogP contribution is 2.27. The normalized spacial score (nSPS) is 10.7. The Kier molecular flexibility index (Phi) is 2.45. The summed E-state index contributed by atoms with van der Waals surface area (Å²) in [5, 5.41) is 2.13. The van der Waals surface area contributed by atoms with Gasteiger partial charge in [-0.2, -0.15) is 0 Å². The lowest BCUT2D eigenvalue weighted by atomic mass is 10.2. The Bertz CT molecular complexity index is 465. The molecular weight excluding hydrogens is 273 g/mol. The Morgan fingerprint density at radius 3 is 2.69 bits per heavy atom. The van der Waals surface area contributed by atoms with Crippen LogP contribution in [0.25, 0.3) is 10.9 Å². The van der Waals surface area contributed by atoms with Crippen LogP contribution >= 0.6 is 39.1 Å². The van der Waals surface area contributed by atoms with Gasteiger partial charge in [-0.05, 0) is 24.3 Å². The molecule has 0 radical (unpaired) electrons. The van der Waals surface area contributed by atoms with Crippen LogP contribution in [0, 0.1) is 0 Å². The zero-order chi connectivity index (χ0) is 9.42. The van der Waals surface area contributed by atoms with Crippen molar-refractivity contribution in [3.05, 3.63) is 38.9 Å². The molecule has 13 heavy (non-hydrogen) atoms. The molecule has 66 valence electrons. The number of fused-ring (bicyclic) bond motifs is 1. The van der Waals surface area contributed by atoms with Gasteiger partial charge in [0.2, 0.25) is 0 Å². The number of rotatable bonds is 0. The summed E-state index contributed by atoms with van der Waals surface area (Å²) in [6.45, 7) is 0. The predicted molar refractivity (Wildman–Crippen MR) is 59.5 cm³/mol. The first kappa shape index (κ1) is 9.25. The van der Waals surface area contributed by atoms with Crippen molar-refractivity contribution in [3.8, 4) is 0 Å². The van der Waals surface area contributed by atoms with Crippen LogP contribution in [-0.4, -0.2) is 4.98 Å². The van der Waals surface area contributed by atoms with Gasteiger partial charge in [-0.1, -0.05) is 39.1 Å². The van der Waals surface area contributed by atoms with Crippen molar-refractivity contribution in [2.75, 3.05) is 0 Å². The molecule has 0 unspecified atom stereocenters. The molecule has 0 spiro atoms. The van der Waals surface area contributed by atoms with Gasteiger partial charge in [-0.3, -0.25) is 0 Å². The van der Waals surface area contributed by atoms with Gasteiger partial charge in [0, 0.05) is 14.9 Å². The second kappa shape index (κ2) is 3.45. The van der Waals surface area contributed by atoms with Crippen LogP contribution < -0.4 is 0 Å². The third kappa shape index (κ3) is 1.80. The van der Waals surface area contributed by atoms with Gasteiger partial charge < -0.3 is 0 Å². The van der Waals surface area contributed by atoms with E-state index in [-0.39, 0.29) is 0 Å². The molecule has 0 fully saturated rings. The van der Waals surface area contributed by atoms with Gasteiger partial charge >= 0.3 is 0 Å². The van der Waals surface area contributed by atoms with E-state index in [1.807, 2.05) is 12.1 Å². The van der Waals surface area contributed by atoms with Crippen molar-refractivity contribution in [1.29, 1.82) is 0 Å². The van der Waals surface area contributed by atoms with E-state index in [2.05, 4.69) is 20.9 Å². The van der Waals surface area contributed by atoms with Crippen molar-refractivity contribution in [2.24, 2.45) is 0 Å². The largest absolute Gasteiger partial charge is 0.236 e. The SMILES string of the molecule is Clc1cc(Br)c2ccc(Cl)nc2c1. The molecule has 2 rings (SSSR count). The summed E-state index contributed by atoms with van der Waals surface area (Å²) in [6.07, 6.45) is 0. The number of benzene rings is 1. The predicted octanol–water partition coefficient (Wildman–Crippen LogP) is 4.30. The van der Waals surface area contributed by atoms with Crippen molar-refractivity contribution in [2.45, 2.75) is 0 Å². The molecule has 0 aliphatic rings. The topological polar surface area (TPSA) is 12.9 Å². The number of nitrogens with zero attached hydrogens (tertiary/aromatic N) is 1. The zero-order valence-corrected chi connectivity index (χ0v) is 9.49. The average molecular weight is 277 g/mol. The summed E-state index contributed by atoms with van der Waals surface area (Å²) < 4.78 is 0.930. The number of halogens is 3. The molecule has 1 nitrogen and oxygen atoms in total. The van der Waals surface area contributed by atoms with E-state index in [1.165, 1.54) is 0 Å². The van der Waals surface area contributed by atoms with Gasteiger partial charge in [0.25, 0.3) is 0 Å². The molecule has 1 aromatic carbocycles. The van der Waals surface area contributed by atoms with Crippen LogP contribution in [0.4, 0.5) is 0 Å². The Morgan fingerprint density at radius 1 is 1.15 bits per heavy atom. The fourth-order valence-corrected chi connectivity index (χ4v) is 2.21. The van der Waals surface area contributed by atoms with Gasteiger partial charge in [0.05, 0.1) is 5.52 Å². The Labute approximate surface area is 93.8 Å². The minimum Gasteiger partial charge on any atom is -0.236 e. The summed E-state index contributed by atoms with van der Waals surface area (Å²) in [5.41, 5.74) is 0.798. The first-order valence-corrected chi connectivity index (χ1v) is 5.13. The molecule has 0 aliphatic heterocycles. The fourth-order valence-electron chi connectivity index (χ4n) is 1.13. The summed E-state index contributed by atoms with van der Waals surface area (Å²) >= 11 is 15.0. The average Bonchev–Trinajstić information content (AvgIpc) is 2.02. The molecule has 1 aromatic heterocycles. The molecule has 0 aliphatic carbocycles. The minimum absolute atomic E-state index is 0.474. The minimum atomic E-state index is 0.474. The zero-order valence-electron chi connectivity index (χ0n) is 6.39. The lowest BCUT2D eigenvalue weighted by molar-refractivity contribution is 1.41. The third-order valence-corrected chi connectivity index (χ3v) is 2.77. The van der Waals surface area contributed by atoms with E-state index >= 15 is 0 Å². The van der Waals surface area contributed by atoms with Gasteiger partial charge in [0.1, 0.15) is 5.15 Å². The summed E-state index contributed by atoms with van der Waals surface area (Å²) in [7, 11) is 0. The monoisotopic (exact) mass is 275 g/mol. The quantitative estimate of drug-likeness (QED) is 0.654. The lowest BCUT2D eigenvalue weighted by Gasteiger charge is -2.00. The second-order valence-electron chi connectivity index (χ2n) is 2.59. The maximum Gasteiger partial charge on any atom is 0.129 e. The van der Waals surface area contributed by atoms with Crippen LogP contribution in [0.15, 0.2) is 28.7 Å². The summed E-state index contributed by atoms with van der Waals surface area (Å²) in [5.74, 6) is 0. The van der Waals surface area contributed by atoms with Gasteiger partial charge in [0.15, 0.2) is 0 Å². The Balaban J connectivity index is 2.86. The molecule has 2 aromatic rings. The highest BCUT2D eigenvalue weighted by molar-refractivity contribution is 9.10. The standard InChI is InChI=1S/C9H4BrCl2N/c10-7-3-5(11)4-8-6(7)1-2-9(12)13-8/h1-4H. The van der Waals surface area contributed by atoms with Crippen molar-refractivity contribution in [3.63, 3.8) is 0 Å². The first-order chi connectivity index (χ1) is 6.16. The Hall–Kier alpha value is -0.310. The highest BCUT2D eigenvalue weighted by Gasteiger charge is 2.02. The van der Waals surface area contributed by atoms with E-state index in [0.29, 0.717) is 10.2 Å². The van der Waals surface area contributed by atoms with Crippen LogP contribution in [-0.2, 0) is 0 Å². The van der Waals surface area contributed by atoms with Crippen LogP contribution in [0.1, 0.15) is 0 Å². The molecule has 0 amide bonds. The van der Waals surface area contributed by atoms with Crippen LogP contribution in [0.5, 0.6) is 0 Å². The van der Waals surface area contributed by atoms with E-state index < -0.39 is 0 Å². The first-order valence-electron chi connectivity index (χ1n) is 3.58. The smallest absolute Gasteiger partial charge is 0.129 e. The summed E-state index contributed by atoms with van der Waals surface area (Å²) in [6, 6.07) is 7.28. The lowest BCUT2D eigenvalue weighted by Crippen LogP contribution is -1.80. The molecule has 0 saturated carbocycles. The molecule has 0 saturated heterocycles. The van der Waals surface area contributed by atoms with E-state index in [0.717, 1.165) is 15.4 Å². The van der Waals surface area contributed by atoms with E-state index in [9.17, 15) is 0 Å². The van der Waals surface area contributed by atoms with E-state index in [4.69, 9.17) is 23.2 Å². The molecule has 0 N–H and O–H groups in total. The molecule has 0 bridgehead atoms. The van der Waals surface area contributed by atoms with Gasteiger partial charge in [-0.15, -0.1) is 0 Å². The molecular formula is C9H4BrCl2N. The number of pyridine rings is 1. The number of hydrogen-bond acceptors (Lipinski definition) is 1. The molecule has 1 heterocycles. The summed E-state index contributed by atoms with van der Waals surface area (Å²) in [4.78, 5) is 4.15. The van der Waals surface area contributed by atoms with E-state index in [1.54, 1.807) is 12.1 Å². The third-order valence-electron chi connectivity index (χ3n) is 1.69. The van der Waals surface area contributed by atoms with Crippen LogP contribution in [0.3, 0.4) is 0 Å². The second-order valence-corrected chi connectivity index (χ2v) is 4.27.